The molecule has 2 N–H and O–H groups in total. The van der Waals surface area contributed by atoms with E-state index in [-0.39, 0.29) is 11.8 Å². The summed E-state index contributed by atoms with van der Waals surface area (Å²) in [5.74, 6) is -0.679. The second kappa shape index (κ2) is 8.77. The van der Waals surface area contributed by atoms with Gasteiger partial charge < -0.3 is 20.1 Å². The standard InChI is InChI=1S/C22H24N2O5/c1-14-9-17(10-15(2)21(14)29-13-20(26)27)22(28)23-12-16-5-3-6-18(11-16)24-8-4-7-19(24)25/h3,5-6,9-11H,4,7-8,12-13H2,1-2H3,(H,23,28)(H,26,27). The van der Waals surface area contributed by atoms with Crippen molar-refractivity contribution in [1.82, 2.24) is 5.32 Å². The van der Waals surface area contributed by atoms with Gasteiger partial charge in [-0.1, -0.05) is 12.1 Å². The summed E-state index contributed by atoms with van der Waals surface area (Å²) in [6, 6.07) is 11.0. The van der Waals surface area contributed by atoms with E-state index in [9.17, 15) is 14.4 Å². The molecule has 0 aromatic heterocycles. The fourth-order valence-electron chi connectivity index (χ4n) is 3.48. The number of anilines is 1. The number of rotatable bonds is 7. The van der Waals surface area contributed by atoms with Gasteiger partial charge in [0.05, 0.1) is 0 Å². The highest BCUT2D eigenvalue weighted by Crippen LogP contribution is 2.25. The van der Waals surface area contributed by atoms with Gasteiger partial charge in [0.25, 0.3) is 5.91 Å². The molecule has 2 amide bonds. The van der Waals surface area contributed by atoms with Crippen LogP contribution in [0.3, 0.4) is 0 Å². The highest BCUT2D eigenvalue weighted by molar-refractivity contribution is 5.96. The Morgan fingerprint density at radius 1 is 1.17 bits per heavy atom. The lowest BCUT2D eigenvalue weighted by atomic mass is 10.0. The van der Waals surface area contributed by atoms with E-state index >= 15 is 0 Å². The number of carbonyl (C=O) groups is 3. The van der Waals surface area contributed by atoms with Gasteiger partial charge in [-0.15, -0.1) is 0 Å². The fraction of sp³-hybridized carbons (Fsp3) is 0.318. The molecule has 0 unspecified atom stereocenters. The van der Waals surface area contributed by atoms with Gasteiger partial charge in [0, 0.05) is 30.8 Å². The van der Waals surface area contributed by atoms with Crippen LogP contribution < -0.4 is 15.0 Å². The molecule has 1 aliphatic heterocycles. The molecule has 0 aliphatic carbocycles. The van der Waals surface area contributed by atoms with Crippen LogP contribution in [0.5, 0.6) is 5.75 Å². The lowest BCUT2D eigenvalue weighted by Crippen LogP contribution is -2.25. The third-order valence-electron chi connectivity index (χ3n) is 4.81. The van der Waals surface area contributed by atoms with Crippen molar-refractivity contribution in [1.29, 1.82) is 0 Å². The molecule has 0 saturated carbocycles. The van der Waals surface area contributed by atoms with Crippen LogP contribution in [0, 0.1) is 13.8 Å². The summed E-state index contributed by atoms with van der Waals surface area (Å²) in [7, 11) is 0. The third kappa shape index (κ3) is 4.93. The first kappa shape index (κ1) is 20.4. The van der Waals surface area contributed by atoms with E-state index in [2.05, 4.69) is 5.32 Å². The molecule has 0 radical (unpaired) electrons. The number of hydrogen-bond donors (Lipinski definition) is 2. The van der Waals surface area contributed by atoms with E-state index in [1.54, 1.807) is 30.9 Å². The molecule has 2 aromatic carbocycles. The molecule has 29 heavy (non-hydrogen) atoms. The number of hydrogen-bond acceptors (Lipinski definition) is 4. The highest BCUT2D eigenvalue weighted by atomic mass is 16.5. The van der Waals surface area contributed by atoms with Crippen molar-refractivity contribution in [3.8, 4) is 5.75 Å². The van der Waals surface area contributed by atoms with Gasteiger partial charge in [0.2, 0.25) is 5.91 Å². The second-order valence-corrected chi connectivity index (χ2v) is 7.12. The van der Waals surface area contributed by atoms with E-state index in [1.807, 2.05) is 24.3 Å². The zero-order valence-electron chi connectivity index (χ0n) is 16.5. The Balaban J connectivity index is 1.66. The van der Waals surface area contributed by atoms with Gasteiger partial charge in [-0.05, 0) is 61.2 Å². The van der Waals surface area contributed by atoms with Crippen LogP contribution in [0.15, 0.2) is 36.4 Å². The molecule has 1 heterocycles. The minimum atomic E-state index is -1.05. The quantitative estimate of drug-likeness (QED) is 0.750. The van der Waals surface area contributed by atoms with E-state index in [0.29, 0.717) is 35.4 Å². The van der Waals surface area contributed by atoms with E-state index in [0.717, 1.165) is 24.2 Å². The number of ether oxygens (including phenoxy) is 1. The predicted octanol–water partition coefficient (Wildman–Crippen LogP) is 2.82. The number of carbonyl (C=O) groups excluding carboxylic acids is 2. The number of benzene rings is 2. The molecule has 7 heteroatoms. The molecule has 1 fully saturated rings. The summed E-state index contributed by atoms with van der Waals surface area (Å²) >= 11 is 0. The maximum Gasteiger partial charge on any atom is 0.341 e. The van der Waals surface area contributed by atoms with Crippen molar-refractivity contribution >= 4 is 23.5 Å². The Bertz CT molecular complexity index is 931. The lowest BCUT2D eigenvalue weighted by molar-refractivity contribution is -0.139. The van der Waals surface area contributed by atoms with Gasteiger partial charge in [-0.25, -0.2) is 4.79 Å². The van der Waals surface area contributed by atoms with Crippen LogP contribution in [0.4, 0.5) is 5.69 Å². The van der Waals surface area contributed by atoms with Crippen LogP contribution in [-0.2, 0) is 16.1 Å². The van der Waals surface area contributed by atoms with Gasteiger partial charge >= 0.3 is 5.97 Å². The van der Waals surface area contributed by atoms with Crippen molar-refractivity contribution in [2.45, 2.75) is 33.2 Å². The van der Waals surface area contributed by atoms with E-state index in [4.69, 9.17) is 9.84 Å². The van der Waals surface area contributed by atoms with Crippen LogP contribution in [0.1, 0.15) is 39.9 Å². The number of aliphatic carboxylic acids is 1. The van der Waals surface area contributed by atoms with E-state index < -0.39 is 12.6 Å². The minimum absolute atomic E-state index is 0.127. The summed E-state index contributed by atoms with van der Waals surface area (Å²) in [6.07, 6.45) is 1.44. The largest absolute Gasteiger partial charge is 0.481 e. The molecule has 1 aliphatic rings. The van der Waals surface area contributed by atoms with Gasteiger partial charge in [-0.3, -0.25) is 9.59 Å². The highest BCUT2D eigenvalue weighted by Gasteiger charge is 2.21. The molecule has 0 spiro atoms. The maximum atomic E-state index is 12.6. The van der Waals surface area contributed by atoms with E-state index in [1.165, 1.54) is 0 Å². The lowest BCUT2D eigenvalue weighted by Gasteiger charge is -2.17. The Kier molecular flexibility index (Phi) is 6.16. The molecule has 0 atom stereocenters. The summed E-state index contributed by atoms with van der Waals surface area (Å²) in [5.41, 5.74) is 3.64. The Labute approximate surface area is 169 Å². The van der Waals surface area contributed by atoms with Crippen molar-refractivity contribution in [2.24, 2.45) is 0 Å². The average Bonchev–Trinajstić information content (AvgIpc) is 3.11. The first-order chi connectivity index (χ1) is 13.8. The third-order valence-corrected chi connectivity index (χ3v) is 4.81. The summed E-state index contributed by atoms with van der Waals surface area (Å²) in [4.78, 5) is 37.0. The predicted molar refractivity (Wildman–Crippen MR) is 108 cm³/mol. The average molecular weight is 396 g/mol. The molecular weight excluding hydrogens is 372 g/mol. The number of nitrogens with zero attached hydrogens (tertiary/aromatic N) is 1. The van der Waals surface area contributed by atoms with Crippen LogP contribution in [-0.4, -0.2) is 36.0 Å². The molecule has 2 aromatic rings. The molecule has 1 saturated heterocycles. The number of nitrogens with one attached hydrogen (secondary N) is 1. The van der Waals surface area contributed by atoms with Gasteiger partial charge in [0.1, 0.15) is 5.75 Å². The van der Waals surface area contributed by atoms with Crippen molar-refractivity contribution < 1.29 is 24.2 Å². The van der Waals surface area contributed by atoms with Crippen molar-refractivity contribution in [2.75, 3.05) is 18.1 Å². The zero-order valence-corrected chi connectivity index (χ0v) is 16.5. The number of aryl methyl sites for hydroxylation is 2. The summed E-state index contributed by atoms with van der Waals surface area (Å²) in [6.45, 7) is 4.19. The fourth-order valence-corrected chi connectivity index (χ4v) is 3.48. The maximum absolute atomic E-state index is 12.6. The molecular formula is C22H24N2O5. The Hall–Kier alpha value is -3.35. The van der Waals surface area contributed by atoms with Crippen LogP contribution >= 0.6 is 0 Å². The molecule has 152 valence electrons. The number of carboxylic acids is 1. The summed E-state index contributed by atoms with van der Waals surface area (Å²) in [5, 5.41) is 11.7. The minimum Gasteiger partial charge on any atom is -0.481 e. The zero-order chi connectivity index (χ0) is 21.0. The Morgan fingerprint density at radius 3 is 2.52 bits per heavy atom. The summed E-state index contributed by atoms with van der Waals surface area (Å²) < 4.78 is 5.30. The van der Waals surface area contributed by atoms with Crippen LogP contribution in [0.2, 0.25) is 0 Å². The van der Waals surface area contributed by atoms with Crippen LogP contribution in [0.25, 0.3) is 0 Å². The monoisotopic (exact) mass is 396 g/mol. The van der Waals surface area contributed by atoms with Crippen molar-refractivity contribution in [3.05, 3.63) is 58.7 Å². The smallest absolute Gasteiger partial charge is 0.341 e. The Morgan fingerprint density at radius 2 is 1.90 bits per heavy atom. The van der Waals surface area contributed by atoms with Gasteiger partial charge in [-0.2, -0.15) is 0 Å². The van der Waals surface area contributed by atoms with Crippen molar-refractivity contribution in [3.63, 3.8) is 0 Å². The molecule has 3 rings (SSSR count). The normalized spacial score (nSPS) is 13.4. The first-order valence-electron chi connectivity index (χ1n) is 9.48. The molecule has 0 bridgehead atoms. The molecule has 7 nitrogen and oxygen atoms in total. The topological polar surface area (TPSA) is 95.9 Å². The number of amides is 2. The number of carboxylic acid groups (broad SMARTS) is 1. The first-order valence-corrected chi connectivity index (χ1v) is 9.48. The second-order valence-electron chi connectivity index (χ2n) is 7.12. The van der Waals surface area contributed by atoms with Gasteiger partial charge in [0.15, 0.2) is 6.61 Å². The SMILES string of the molecule is Cc1cc(C(=O)NCc2cccc(N3CCCC3=O)c2)cc(C)c1OCC(=O)O.